The third-order valence-corrected chi connectivity index (χ3v) is 9.38. The van der Waals surface area contributed by atoms with E-state index in [4.69, 9.17) is 4.74 Å². The molecule has 3 unspecified atom stereocenters. The number of rotatable bonds is 5. The van der Waals surface area contributed by atoms with Gasteiger partial charge in [0.1, 0.15) is 5.69 Å². The van der Waals surface area contributed by atoms with Crippen molar-refractivity contribution < 1.29 is 9.53 Å². The molecule has 3 heterocycles. The minimum atomic E-state index is -0.382. The number of para-hydroxylation sites is 2. The maximum atomic E-state index is 13.7. The Balaban J connectivity index is 1.29. The monoisotopic (exact) mass is 477 g/mol. The molecule has 0 amide bonds. The Hall–Kier alpha value is -2.21. The first-order chi connectivity index (χ1) is 17.1. The first-order valence-corrected chi connectivity index (χ1v) is 14.0. The van der Waals surface area contributed by atoms with E-state index in [1.165, 1.54) is 57.8 Å². The molecule has 6 heteroatoms. The fourth-order valence-electron chi connectivity index (χ4n) is 8.13. The Bertz CT molecular complexity index is 1120. The molecule has 0 spiro atoms. The predicted molar refractivity (Wildman–Crippen MR) is 136 cm³/mol. The van der Waals surface area contributed by atoms with Crippen molar-refractivity contribution in [3.63, 3.8) is 0 Å². The lowest BCUT2D eigenvalue weighted by molar-refractivity contribution is -0.142. The molecule has 4 fully saturated rings. The van der Waals surface area contributed by atoms with E-state index in [-0.39, 0.29) is 24.0 Å². The number of carbonyl (C=O) groups is 1. The van der Waals surface area contributed by atoms with Crippen LogP contribution in [0.25, 0.3) is 11.0 Å². The number of aromatic nitrogens is 2. The average molecular weight is 478 g/mol. The smallest absolute Gasteiger partial charge is 0.312 e. The maximum absolute atomic E-state index is 13.7. The van der Waals surface area contributed by atoms with Gasteiger partial charge in [0.2, 0.25) is 0 Å². The number of carbonyl (C=O) groups excluding carboxylic acids is 1. The molecule has 2 aromatic rings. The summed E-state index contributed by atoms with van der Waals surface area (Å²) >= 11 is 0. The number of fused-ring (bicyclic) bond motifs is 5. The Morgan fingerprint density at radius 3 is 2.29 bits per heavy atom. The highest BCUT2D eigenvalue weighted by Crippen LogP contribution is 2.47. The van der Waals surface area contributed by atoms with Gasteiger partial charge in [0.25, 0.3) is 5.56 Å². The highest BCUT2D eigenvalue weighted by Gasteiger charge is 2.46. The van der Waals surface area contributed by atoms with Gasteiger partial charge in [0.05, 0.1) is 24.1 Å². The molecule has 35 heavy (non-hydrogen) atoms. The summed E-state index contributed by atoms with van der Waals surface area (Å²) in [5.74, 6) is 1.47. The molecule has 1 aromatic heterocycles. The van der Waals surface area contributed by atoms with Gasteiger partial charge < -0.3 is 9.30 Å². The Morgan fingerprint density at radius 1 is 0.914 bits per heavy atom. The van der Waals surface area contributed by atoms with E-state index >= 15 is 0 Å². The molecule has 2 aliphatic heterocycles. The lowest BCUT2D eigenvalue weighted by Crippen LogP contribution is -2.52. The summed E-state index contributed by atoms with van der Waals surface area (Å²) in [5.41, 5.74) is 1.88. The zero-order valence-corrected chi connectivity index (χ0v) is 21.0. The Kier molecular flexibility index (Phi) is 6.42. The molecule has 5 atom stereocenters. The summed E-state index contributed by atoms with van der Waals surface area (Å²) in [5, 5.41) is 0. The Labute approximate surface area is 208 Å². The molecule has 1 aromatic carbocycles. The predicted octanol–water partition coefficient (Wildman–Crippen LogP) is 5.03. The van der Waals surface area contributed by atoms with Crippen molar-refractivity contribution in [2.75, 3.05) is 6.61 Å². The molecule has 2 aliphatic carbocycles. The van der Waals surface area contributed by atoms with E-state index in [1.54, 1.807) is 6.92 Å². The van der Waals surface area contributed by atoms with Gasteiger partial charge in [-0.15, -0.1) is 0 Å². The third-order valence-electron chi connectivity index (χ3n) is 9.38. The second-order valence-electron chi connectivity index (χ2n) is 11.5. The molecule has 0 radical (unpaired) electrons. The molecular weight excluding hydrogens is 438 g/mol. The van der Waals surface area contributed by atoms with Crippen LogP contribution in [0.4, 0.5) is 0 Å². The van der Waals surface area contributed by atoms with E-state index in [2.05, 4.69) is 9.88 Å². The van der Waals surface area contributed by atoms with Crippen molar-refractivity contribution in [3.8, 4) is 0 Å². The van der Waals surface area contributed by atoms with Crippen LogP contribution in [0.15, 0.2) is 29.1 Å². The highest BCUT2D eigenvalue weighted by molar-refractivity contribution is 5.77. The average Bonchev–Trinajstić information content (AvgIpc) is 3.00. The topological polar surface area (TPSA) is 64.4 Å². The number of hydrogen-bond acceptors (Lipinski definition) is 5. The van der Waals surface area contributed by atoms with Gasteiger partial charge in [-0.05, 0) is 75.8 Å². The number of benzene rings is 1. The van der Waals surface area contributed by atoms with Crippen molar-refractivity contribution in [1.82, 2.24) is 14.5 Å². The van der Waals surface area contributed by atoms with E-state index in [1.807, 2.05) is 28.8 Å². The van der Waals surface area contributed by atoms with Crippen LogP contribution in [0.3, 0.4) is 0 Å². The lowest BCUT2D eigenvalue weighted by atomic mass is 9.76. The lowest BCUT2D eigenvalue weighted by Gasteiger charge is -2.48. The first-order valence-electron chi connectivity index (χ1n) is 14.0. The van der Waals surface area contributed by atoms with E-state index < -0.39 is 0 Å². The minimum absolute atomic E-state index is 0.0614. The molecule has 4 aliphatic rings. The second-order valence-corrected chi connectivity index (χ2v) is 11.5. The van der Waals surface area contributed by atoms with Crippen molar-refractivity contribution in [3.05, 3.63) is 40.3 Å². The van der Waals surface area contributed by atoms with E-state index in [0.717, 1.165) is 41.8 Å². The molecule has 2 saturated carbocycles. The number of hydrogen-bond donors (Lipinski definition) is 0. The molecule has 6 nitrogen and oxygen atoms in total. The largest absolute Gasteiger partial charge is 0.466 e. The van der Waals surface area contributed by atoms with Crippen molar-refractivity contribution >= 4 is 17.0 Å². The zero-order valence-electron chi connectivity index (χ0n) is 21.0. The Morgan fingerprint density at radius 2 is 1.60 bits per heavy atom. The van der Waals surface area contributed by atoms with Crippen LogP contribution in [-0.2, 0) is 16.0 Å². The van der Waals surface area contributed by atoms with Crippen molar-refractivity contribution in [1.29, 1.82) is 0 Å². The van der Waals surface area contributed by atoms with Gasteiger partial charge in [0, 0.05) is 24.2 Å². The summed E-state index contributed by atoms with van der Waals surface area (Å²) in [4.78, 5) is 33.4. The normalized spacial score (nSPS) is 32.9. The van der Waals surface area contributed by atoms with E-state index in [9.17, 15) is 9.59 Å². The van der Waals surface area contributed by atoms with Crippen molar-refractivity contribution in [2.24, 2.45) is 11.8 Å². The number of piperidine rings is 1. The van der Waals surface area contributed by atoms with Crippen LogP contribution in [0.2, 0.25) is 0 Å². The summed E-state index contributed by atoms with van der Waals surface area (Å²) in [7, 11) is 0. The third kappa shape index (κ3) is 4.43. The zero-order chi connectivity index (χ0) is 23.9. The summed E-state index contributed by atoms with van der Waals surface area (Å²) in [6, 6.07) is 9.93. The van der Waals surface area contributed by atoms with Gasteiger partial charge in [-0.3, -0.25) is 14.5 Å². The van der Waals surface area contributed by atoms with Gasteiger partial charge in [0.15, 0.2) is 0 Å². The van der Waals surface area contributed by atoms with Crippen LogP contribution in [0.1, 0.15) is 89.3 Å². The fourth-order valence-corrected chi connectivity index (χ4v) is 8.13. The van der Waals surface area contributed by atoms with Gasteiger partial charge >= 0.3 is 5.97 Å². The van der Waals surface area contributed by atoms with Crippen LogP contribution in [0.5, 0.6) is 0 Å². The van der Waals surface area contributed by atoms with Crippen LogP contribution >= 0.6 is 0 Å². The molecule has 188 valence electrons. The molecular formula is C29H39N3O3. The van der Waals surface area contributed by atoms with Crippen LogP contribution < -0.4 is 5.56 Å². The number of esters is 1. The van der Waals surface area contributed by atoms with Crippen LogP contribution in [-0.4, -0.2) is 45.2 Å². The van der Waals surface area contributed by atoms with Gasteiger partial charge in [-0.25, -0.2) is 4.98 Å². The second kappa shape index (κ2) is 9.68. The fraction of sp³-hybridized carbons (Fsp3) is 0.690. The van der Waals surface area contributed by atoms with E-state index in [0.29, 0.717) is 24.4 Å². The van der Waals surface area contributed by atoms with Gasteiger partial charge in [-0.1, -0.05) is 37.8 Å². The van der Waals surface area contributed by atoms with Crippen LogP contribution in [0, 0.1) is 11.8 Å². The quantitative estimate of drug-likeness (QED) is 0.565. The molecule has 0 N–H and O–H groups in total. The SMILES string of the molecule is CCOC(=O)Cc1nc2ccccc2n([C@@H]2CC3CC[C@H](C2)N3C2CC3CCCCC(C3)C2)c1=O. The standard InChI is InChI=1S/C29H39N3O3/c1-2-35-28(33)18-26-29(34)32(27-10-6-5-9-25(27)30-26)24-16-21-11-12-22(17-24)31(21)23-14-19-7-3-4-8-20(13-19)15-23/h5-6,9-10,19-24H,2-4,7-8,11-18H2,1H3/t19?,20?,21-,22?,23?,24+/m1/s1. The summed E-state index contributed by atoms with van der Waals surface area (Å²) < 4.78 is 7.12. The number of nitrogens with zero attached hydrogens (tertiary/aromatic N) is 3. The number of ether oxygens (including phenoxy) is 1. The summed E-state index contributed by atoms with van der Waals surface area (Å²) in [6.07, 6.45) is 14.4. The molecule has 2 saturated heterocycles. The summed E-state index contributed by atoms with van der Waals surface area (Å²) in [6.45, 7) is 2.10. The highest BCUT2D eigenvalue weighted by atomic mass is 16.5. The molecule has 4 bridgehead atoms. The maximum Gasteiger partial charge on any atom is 0.312 e. The molecule has 6 rings (SSSR count). The van der Waals surface area contributed by atoms with Gasteiger partial charge in [-0.2, -0.15) is 0 Å². The van der Waals surface area contributed by atoms with Crippen molar-refractivity contribution in [2.45, 2.75) is 108 Å². The minimum Gasteiger partial charge on any atom is -0.466 e. The first kappa shape index (κ1) is 23.2.